The molecule has 0 fully saturated rings. The van der Waals surface area contributed by atoms with Crippen molar-refractivity contribution in [2.45, 2.75) is 6.92 Å². The van der Waals surface area contributed by atoms with Gasteiger partial charge in [0.15, 0.2) is 0 Å². The Hall–Kier alpha value is -1.62. The third-order valence-corrected chi connectivity index (χ3v) is 1.36. The number of nitrogens with two attached hydrogens (primary N) is 2. The van der Waals surface area contributed by atoms with E-state index in [9.17, 15) is 4.39 Å². The molecule has 0 aliphatic carbocycles. The van der Waals surface area contributed by atoms with Crippen LogP contribution in [0.25, 0.3) is 0 Å². The average molecular weight is 182 g/mol. The highest BCUT2D eigenvalue weighted by atomic mass is 19.1. The highest BCUT2D eigenvalue weighted by Gasteiger charge is 1.98. The first-order valence-corrected chi connectivity index (χ1v) is 3.70. The van der Waals surface area contributed by atoms with Gasteiger partial charge >= 0.3 is 0 Å². The summed E-state index contributed by atoms with van der Waals surface area (Å²) in [6.45, 7) is 1.61. The van der Waals surface area contributed by atoms with Crippen molar-refractivity contribution in [2.75, 3.05) is 5.12 Å². The summed E-state index contributed by atoms with van der Waals surface area (Å²) in [6, 6.07) is 5.64. The molecule has 0 unspecified atom stereocenters. The molecule has 70 valence electrons. The van der Waals surface area contributed by atoms with Gasteiger partial charge in [-0.05, 0) is 31.2 Å². The smallest absolute Gasteiger partial charge is 0.123 e. The molecule has 1 aromatic carbocycles. The standard InChI is InChI=1S/C8H11FN4/c1-6(10)12-13(11)8-4-2-7(9)3-5-8/h2-5H,11H2,1H3,(H2,10,12). The van der Waals surface area contributed by atoms with Crippen molar-refractivity contribution in [1.29, 1.82) is 0 Å². The summed E-state index contributed by atoms with van der Waals surface area (Å²) in [5, 5.41) is 4.85. The number of hydrazine groups is 1. The predicted molar refractivity (Wildman–Crippen MR) is 50.4 cm³/mol. The molecule has 0 saturated carbocycles. The summed E-state index contributed by atoms with van der Waals surface area (Å²) in [7, 11) is 0. The van der Waals surface area contributed by atoms with E-state index in [0.717, 1.165) is 5.12 Å². The fourth-order valence-corrected chi connectivity index (χ4v) is 0.821. The van der Waals surface area contributed by atoms with Crippen LogP contribution in [0, 0.1) is 5.82 Å². The van der Waals surface area contributed by atoms with E-state index in [-0.39, 0.29) is 5.82 Å². The Labute approximate surface area is 75.6 Å². The third kappa shape index (κ3) is 2.72. The van der Waals surface area contributed by atoms with Gasteiger partial charge < -0.3 is 5.73 Å². The third-order valence-electron chi connectivity index (χ3n) is 1.36. The fraction of sp³-hybridized carbons (Fsp3) is 0.125. The van der Waals surface area contributed by atoms with E-state index in [1.807, 2.05) is 0 Å². The van der Waals surface area contributed by atoms with Gasteiger partial charge in [-0.15, -0.1) is 5.10 Å². The average Bonchev–Trinajstić information content (AvgIpc) is 2.04. The molecule has 0 aliphatic heterocycles. The molecular formula is C8H11FN4. The van der Waals surface area contributed by atoms with Crippen LogP contribution in [0.2, 0.25) is 0 Å². The Balaban J connectivity index is 2.83. The normalized spacial score (nSPS) is 11.5. The van der Waals surface area contributed by atoms with Gasteiger partial charge in [-0.3, -0.25) is 0 Å². The van der Waals surface area contributed by atoms with Crippen LogP contribution >= 0.6 is 0 Å². The second-order valence-electron chi connectivity index (χ2n) is 2.56. The minimum absolute atomic E-state index is 0.314. The summed E-state index contributed by atoms with van der Waals surface area (Å²) in [5.74, 6) is 5.51. The first-order valence-electron chi connectivity index (χ1n) is 3.70. The quantitative estimate of drug-likeness (QED) is 0.307. The van der Waals surface area contributed by atoms with E-state index in [4.69, 9.17) is 11.6 Å². The van der Waals surface area contributed by atoms with Crippen LogP contribution in [0.1, 0.15) is 6.92 Å². The number of hydrogen-bond donors (Lipinski definition) is 2. The summed E-state index contributed by atoms with van der Waals surface area (Å²) >= 11 is 0. The summed E-state index contributed by atoms with van der Waals surface area (Å²) in [5.41, 5.74) is 5.89. The zero-order valence-corrected chi connectivity index (χ0v) is 7.24. The van der Waals surface area contributed by atoms with E-state index in [2.05, 4.69) is 5.10 Å². The van der Waals surface area contributed by atoms with Gasteiger partial charge in [-0.25, -0.2) is 10.2 Å². The molecule has 5 heteroatoms. The SMILES string of the molecule is C/C(N)=N/N(N)c1ccc(F)cc1. The van der Waals surface area contributed by atoms with Gasteiger partial charge in [-0.1, -0.05) is 0 Å². The van der Waals surface area contributed by atoms with Crippen molar-refractivity contribution in [2.24, 2.45) is 16.7 Å². The van der Waals surface area contributed by atoms with Gasteiger partial charge in [0.2, 0.25) is 0 Å². The number of anilines is 1. The lowest BCUT2D eigenvalue weighted by molar-refractivity contribution is 0.627. The summed E-state index contributed by atoms with van der Waals surface area (Å²) < 4.78 is 12.5. The number of rotatable bonds is 2. The van der Waals surface area contributed by atoms with Gasteiger partial charge in [-0.2, -0.15) is 5.12 Å². The Kier molecular flexibility index (Phi) is 2.81. The topological polar surface area (TPSA) is 67.6 Å². The first-order chi connectivity index (χ1) is 6.09. The maximum absolute atomic E-state index is 12.5. The molecule has 0 bridgehead atoms. The van der Waals surface area contributed by atoms with Crippen LogP contribution in [0.4, 0.5) is 10.1 Å². The largest absolute Gasteiger partial charge is 0.386 e. The first kappa shape index (κ1) is 9.47. The number of benzene rings is 1. The van der Waals surface area contributed by atoms with Crippen LogP contribution in [-0.4, -0.2) is 5.84 Å². The van der Waals surface area contributed by atoms with E-state index in [1.165, 1.54) is 24.3 Å². The van der Waals surface area contributed by atoms with Crippen LogP contribution in [-0.2, 0) is 0 Å². The molecule has 1 aromatic rings. The van der Waals surface area contributed by atoms with Gasteiger partial charge in [0.25, 0.3) is 0 Å². The molecule has 0 radical (unpaired) electrons. The molecule has 0 atom stereocenters. The molecule has 0 saturated heterocycles. The van der Waals surface area contributed by atoms with Crippen LogP contribution < -0.4 is 16.7 Å². The summed E-state index contributed by atoms with van der Waals surface area (Å²) in [4.78, 5) is 0. The molecule has 0 aliphatic rings. The van der Waals surface area contributed by atoms with Crippen molar-refractivity contribution in [3.63, 3.8) is 0 Å². The van der Waals surface area contributed by atoms with Gasteiger partial charge in [0, 0.05) is 0 Å². The molecule has 13 heavy (non-hydrogen) atoms. The van der Waals surface area contributed by atoms with Crippen LogP contribution in [0.5, 0.6) is 0 Å². The Morgan fingerprint density at radius 3 is 2.38 bits per heavy atom. The van der Waals surface area contributed by atoms with Crippen molar-refractivity contribution in [3.8, 4) is 0 Å². The Bertz CT molecular complexity index is 302. The zero-order valence-electron chi connectivity index (χ0n) is 7.24. The minimum Gasteiger partial charge on any atom is -0.386 e. The van der Waals surface area contributed by atoms with Crippen molar-refractivity contribution in [1.82, 2.24) is 0 Å². The highest BCUT2D eigenvalue weighted by Crippen LogP contribution is 2.11. The number of nitrogens with zero attached hydrogens (tertiary/aromatic N) is 2. The van der Waals surface area contributed by atoms with Crippen LogP contribution in [0.15, 0.2) is 29.4 Å². The summed E-state index contributed by atoms with van der Waals surface area (Å²) in [6.07, 6.45) is 0. The lowest BCUT2D eigenvalue weighted by Crippen LogP contribution is -2.27. The number of amidine groups is 1. The Morgan fingerprint density at radius 2 is 1.92 bits per heavy atom. The molecule has 0 spiro atoms. The van der Waals surface area contributed by atoms with Crippen molar-refractivity contribution in [3.05, 3.63) is 30.1 Å². The minimum atomic E-state index is -0.314. The lowest BCUT2D eigenvalue weighted by Gasteiger charge is -2.11. The van der Waals surface area contributed by atoms with E-state index in [1.54, 1.807) is 6.92 Å². The molecule has 4 nitrogen and oxygen atoms in total. The fourth-order valence-electron chi connectivity index (χ4n) is 0.821. The second kappa shape index (κ2) is 3.86. The van der Waals surface area contributed by atoms with Gasteiger partial charge in [0.05, 0.1) is 5.69 Å². The molecule has 0 aromatic heterocycles. The molecule has 0 amide bonds. The van der Waals surface area contributed by atoms with Gasteiger partial charge in [0.1, 0.15) is 11.7 Å². The van der Waals surface area contributed by atoms with Crippen LogP contribution in [0.3, 0.4) is 0 Å². The highest BCUT2D eigenvalue weighted by molar-refractivity contribution is 5.78. The predicted octanol–water partition coefficient (Wildman–Crippen LogP) is 0.798. The molecule has 0 heterocycles. The maximum Gasteiger partial charge on any atom is 0.123 e. The molecule has 4 N–H and O–H groups in total. The van der Waals surface area contributed by atoms with Crippen molar-refractivity contribution < 1.29 is 4.39 Å². The van der Waals surface area contributed by atoms with E-state index >= 15 is 0 Å². The van der Waals surface area contributed by atoms with Crippen molar-refractivity contribution >= 4 is 11.5 Å². The second-order valence-corrected chi connectivity index (χ2v) is 2.56. The number of halogens is 1. The number of hydrogen-bond acceptors (Lipinski definition) is 3. The monoisotopic (exact) mass is 182 g/mol. The van der Waals surface area contributed by atoms with E-state index in [0.29, 0.717) is 11.5 Å². The molecule has 1 rings (SSSR count). The number of hydrazone groups is 1. The lowest BCUT2D eigenvalue weighted by atomic mass is 10.3. The Morgan fingerprint density at radius 1 is 1.38 bits per heavy atom. The van der Waals surface area contributed by atoms with E-state index < -0.39 is 0 Å². The maximum atomic E-state index is 12.5. The molecular weight excluding hydrogens is 171 g/mol. The zero-order chi connectivity index (χ0) is 9.84.